The third-order valence-electron chi connectivity index (χ3n) is 3.40. The van der Waals surface area contributed by atoms with E-state index in [1.165, 1.54) is 42.4 Å². The molecule has 0 saturated heterocycles. The van der Waals surface area contributed by atoms with Crippen molar-refractivity contribution in [1.82, 2.24) is 15.5 Å². The summed E-state index contributed by atoms with van der Waals surface area (Å²) >= 11 is 2.92. The molecule has 106 valence electrons. The molecule has 1 saturated carbocycles. The zero-order valence-electron chi connectivity index (χ0n) is 11.3. The third kappa shape index (κ3) is 4.35. The molecule has 1 aliphatic carbocycles. The summed E-state index contributed by atoms with van der Waals surface area (Å²) in [6.45, 7) is 2.22. The first kappa shape index (κ1) is 14.6. The molecule has 1 amide bonds. The fourth-order valence-corrected chi connectivity index (χ4v) is 3.79. The van der Waals surface area contributed by atoms with E-state index in [1.54, 1.807) is 0 Å². The zero-order chi connectivity index (χ0) is 13.7. The Bertz CT molecular complexity index is 424. The van der Waals surface area contributed by atoms with Crippen LogP contribution in [0.4, 0.5) is 5.13 Å². The summed E-state index contributed by atoms with van der Waals surface area (Å²) < 4.78 is 0.830. The molecule has 7 heteroatoms. The van der Waals surface area contributed by atoms with E-state index in [9.17, 15) is 4.79 Å². The highest BCUT2D eigenvalue weighted by Gasteiger charge is 2.22. The predicted octanol–water partition coefficient (Wildman–Crippen LogP) is 2.37. The average molecular weight is 300 g/mol. The first-order valence-electron chi connectivity index (χ1n) is 6.62. The molecule has 1 heterocycles. The fourth-order valence-electron chi connectivity index (χ4n) is 2.28. The first-order chi connectivity index (χ1) is 9.19. The maximum Gasteiger partial charge on any atom is 0.230 e. The number of hydrogen-bond donors (Lipinski definition) is 2. The van der Waals surface area contributed by atoms with Gasteiger partial charge in [-0.05, 0) is 18.8 Å². The second-order valence-corrected chi connectivity index (χ2v) is 7.05. The fraction of sp³-hybridized carbons (Fsp3) is 0.750. The van der Waals surface area contributed by atoms with Crippen LogP contribution in [-0.2, 0) is 4.79 Å². The Hall–Kier alpha value is -0.820. The summed E-state index contributed by atoms with van der Waals surface area (Å²) in [4.78, 5) is 11.9. The molecule has 2 atom stereocenters. The van der Waals surface area contributed by atoms with Crippen molar-refractivity contribution in [2.24, 2.45) is 5.92 Å². The Kier molecular flexibility index (Phi) is 5.45. The van der Waals surface area contributed by atoms with Gasteiger partial charge in [0.2, 0.25) is 11.0 Å². The maximum atomic E-state index is 11.9. The second-order valence-electron chi connectivity index (χ2n) is 4.85. The standard InChI is InChI=1S/C12H20N4OS2/c1-8-5-3-4-6-9(8)14-10(17)7-18-12-16-15-11(13-2)19-12/h8-9H,3-7H2,1-2H3,(H,13,15)(H,14,17)/t8-,9-/m1/s1. The van der Waals surface area contributed by atoms with Gasteiger partial charge >= 0.3 is 0 Å². The smallest absolute Gasteiger partial charge is 0.230 e. The minimum atomic E-state index is 0.102. The highest BCUT2D eigenvalue weighted by Crippen LogP contribution is 2.26. The van der Waals surface area contributed by atoms with Crippen LogP contribution in [-0.4, -0.2) is 34.9 Å². The van der Waals surface area contributed by atoms with Crippen molar-refractivity contribution < 1.29 is 4.79 Å². The minimum Gasteiger partial charge on any atom is -0.363 e. The van der Waals surface area contributed by atoms with Crippen LogP contribution >= 0.6 is 23.1 Å². The zero-order valence-corrected chi connectivity index (χ0v) is 12.9. The Morgan fingerprint density at radius 3 is 2.89 bits per heavy atom. The van der Waals surface area contributed by atoms with E-state index in [2.05, 4.69) is 27.8 Å². The van der Waals surface area contributed by atoms with Gasteiger partial charge in [-0.2, -0.15) is 0 Å². The molecule has 2 rings (SSSR count). The van der Waals surface area contributed by atoms with Crippen LogP contribution in [0.1, 0.15) is 32.6 Å². The number of nitrogens with one attached hydrogen (secondary N) is 2. The molecule has 0 aromatic carbocycles. The van der Waals surface area contributed by atoms with Gasteiger partial charge in [0.05, 0.1) is 5.75 Å². The Labute approximate surface area is 122 Å². The van der Waals surface area contributed by atoms with Crippen molar-refractivity contribution in [3.05, 3.63) is 0 Å². The summed E-state index contributed by atoms with van der Waals surface area (Å²) in [5.41, 5.74) is 0. The van der Waals surface area contributed by atoms with Crippen molar-refractivity contribution >= 4 is 34.1 Å². The molecule has 1 aromatic heterocycles. The largest absolute Gasteiger partial charge is 0.363 e. The molecule has 0 unspecified atom stereocenters. The molecule has 0 aliphatic heterocycles. The Morgan fingerprint density at radius 1 is 1.42 bits per heavy atom. The molecule has 1 fully saturated rings. The van der Waals surface area contributed by atoms with Gasteiger partial charge in [-0.15, -0.1) is 10.2 Å². The molecular formula is C12H20N4OS2. The minimum absolute atomic E-state index is 0.102. The monoisotopic (exact) mass is 300 g/mol. The normalized spacial score (nSPS) is 23.1. The Balaban J connectivity index is 1.74. The van der Waals surface area contributed by atoms with Gasteiger partial charge in [-0.25, -0.2) is 0 Å². The van der Waals surface area contributed by atoms with Gasteiger partial charge < -0.3 is 10.6 Å². The van der Waals surface area contributed by atoms with E-state index >= 15 is 0 Å². The van der Waals surface area contributed by atoms with Gasteiger partial charge in [0.1, 0.15) is 0 Å². The summed E-state index contributed by atoms with van der Waals surface area (Å²) in [7, 11) is 1.81. The van der Waals surface area contributed by atoms with Crippen molar-refractivity contribution in [3.63, 3.8) is 0 Å². The number of nitrogens with zero attached hydrogens (tertiary/aromatic N) is 2. The lowest BCUT2D eigenvalue weighted by atomic mass is 9.86. The van der Waals surface area contributed by atoms with E-state index in [4.69, 9.17) is 0 Å². The van der Waals surface area contributed by atoms with Crippen LogP contribution in [0.15, 0.2) is 4.34 Å². The number of carbonyl (C=O) groups is 1. The van der Waals surface area contributed by atoms with Crippen LogP contribution < -0.4 is 10.6 Å². The lowest BCUT2D eigenvalue weighted by Crippen LogP contribution is -2.41. The summed E-state index contributed by atoms with van der Waals surface area (Å²) in [5, 5.41) is 14.8. The van der Waals surface area contributed by atoms with Crippen molar-refractivity contribution in [3.8, 4) is 0 Å². The maximum absolute atomic E-state index is 11.9. The van der Waals surface area contributed by atoms with Crippen LogP contribution in [0.3, 0.4) is 0 Å². The summed E-state index contributed by atoms with van der Waals surface area (Å²) in [6.07, 6.45) is 4.85. The lowest BCUT2D eigenvalue weighted by molar-refractivity contribution is -0.119. The lowest BCUT2D eigenvalue weighted by Gasteiger charge is -2.29. The van der Waals surface area contributed by atoms with Crippen LogP contribution in [0, 0.1) is 5.92 Å². The second kappa shape index (κ2) is 7.09. The van der Waals surface area contributed by atoms with E-state index in [0.717, 1.165) is 15.9 Å². The van der Waals surface area contributed by atoms with Crippen LogP contribution in [0.2, 0.25) is 0 Å². The topological polar surface area (TPSA) is 66.9 Å². The first-order valence-corrected chi connectivity index (χ1v) is 8.42. The van der Waals surface area contributed by atoms with E-state index in [0.29, 0.717) is 17.7 Å². The molecule has 5 nitrogen and oxygen atoms in total. The number of hydrogen-bond acceptors (Lipinski definition) is 6. The van der Waals surface area contributed by atoms with Crippen molar-refractivity contribution in [2.75, 3.05) is 18.1 Å². The highest BCUT2D eigenvalue weighted by molar-refractivity contribution is 8.01. The Morgan fingerprint density at radius 2 is 2.21 bits per heavy atom. The SMILES string of the molecule is CNc1nnc(SCC(=O)N[C@@H]2CCCC[C@H]2C)s1. The molecule has 0 spiro atoms. The predicted molar refractivity (Wildman–Crippen MR) is 79.7 cm³/mol. The number of amides is 1. The molecule has 2 N–H and O–H groups in total. The van der Waals surface area contributed by atoms with Crippen molar-refractivity contribution in [1.29, 1.82) is 0 Å². The van der Waals surface area contributed by atoms with E-state index < -0.39 is 0 Å². The number of carbonyl (C=O) groups excluding carboxylic acids is 1. The quantitative estimate of drug-likeness (QED) is 0.817. The van der Waals surface area contributed by atoms with Crippen molar-refractivity contribution in [2.45, 2.75) is 43.0 Å². The van der Waals surface area contributed by atoms with Gasteiger partial charge in [0.15, 0.2) is 4.34 Å². The van der Waals surface area contributed by atoms with Gasteiger partial charge in [0.25, 0.3) is 0 Å². The molecule has 0 radical (unpaired) electrons. The molecule has 1 aromatic rings. The molecule has 0 bridgehead atoms. The summed E-state index contributed by atoms with van der Waals surface area (Å²) in [6, 6.07) is 0.351. The van der Waals surface area contributed by atoms with Gasteiger partial charge in [0, 0.05) is 13.1 Å². The molecule has 19 heavy (non-hydrogen) atoms. The summed E-state index contributed by atoms with van der Waals surface area (Å²) in [5.74, 6) is 1.12. The number of thioether (sulfide) groups is 1. The van der Waals surface area contributed by atoms with E-state index in [-0.39, 0.29) is 5.91 Å². The van der Waals surface area contributed by atoms with Gasteiger partial charge in [-0.3, -0.25) is 4.79 Å². The van der Waals surface area contributed by atoms with E-state index in [1.807, 2.05) is 7.05 Å². The molecular weight excluding hydrogens is 280 g/mol. The third-order valence-corrected chi connectivity index (χ3v) is 5.48. The highest BCUT2D eigenvalue weighted by atomic mass is 32.2. The van der Waals surface area contributed by atoms with Crippen LogP contribution in [0.5, 0.6) is 0 Å². The number of anilines is 1. The number of aromatic nitrogens is 2. The average Bonchev–Trinajstić information content (AvgIpc) is 2.87. The number of rotatable bonds is 5. The van der Waals surface area contributed by atoms with Crippen LogP contribution in [0.25, 0.3) is 0 Å². The van der Waals surface area contributed by atoms with Gasteiger partial charge in [-0.1, -0.05) is 42.9 Å². The molecule has 1 aliphatic rings.